The van der Waals surface area contributed by atoms with Gasteiger partial charge in [-0.05, 0) is 38.1 Å². The van der Waals surface area contributed by atoms with Crippen molar-refractivity contribution >= 4 is 18.3 Å². The molecule has 1 aliphatic heterocycles. The van der Waals surface area contributed by atoms with Gasteiger partial charge in [-0.15, -0.1) is 12.4 Å². The number of hydrogen-bond acceptors (Lipinski definition) is 3. The number of rotatable bonds is 3. The normalized spacial score (nSPS) is 15.4. The second kappa shape index (κ2) is 6.90. The van der Waals surface area contributed by atoms with Crippen molar-refractivity contribution in [2.24, 2.45) is 0 Å². The van der Waals surface area contributed by atoms with Crippen molar-refractivity contribution in [2.45, 2.75) is 19.4 Å². The summed E-state index contributed by atoms with van der Waals surface area (Å²) >= 11 is 0. The zero-order chi connectivity index (χ0) is 13.9. The maximum Gasteiger partial charge on any atom is 0.266 e. The van der Waals surface area contributed by atoms with Gasteiger partial charge in [0.1, 0.15) is 11.6 Å². The maximum atomic E-state index is 12.8. The Morgan fingerprint density at radius 3 is 2.35 bits per heavy atom. The molecule has 20 heavy (non-hydrogen) atoms. The first-order chi connectivity index (χ1) is 8.99. The largest absolute Gasteiger partial charge is 0.478 e. The molecule has 1 aromatic rings. The van der Waals surface area contributed by atoms with Gasteiger partial charge in [-0.25, -0.2) is 4.39 Å². The van der Waals surface area contributed by atoms with Gasteiger partial charge in [-0.1, -0.05) is 0 Å². The van der Waals surface area contributed by atoms with E-state index in [2.05, 4.69) is 5.32 Å². The van der Waals surface area contributed by atoms with Crippen LogP contribution in [0, 0.1) is 5.82 Å². The molecule has 0 saturated carbocycles. The van der Waals surface area contributed by atoms with E-state index in [1.165, 1.54) is 24.3 Å². The molecule has 1 fully saturated rings. The third kappa shape index (κ3) is 4.08. The highest BCUT2D eigenvalue weighted by molar-refractivity contribution is 5.85. The van der Waals surface area contributed by atoms with Crippen molar-refractivity contribution in [1.82, 2.24) is 10.2 Å². The van der Waals surface area contributed by atoms with Gasteiger partial charge in [0, 0.05) is 26.2 Å². The fraction of sp³-hybridized carbons (Fsp3) is 0.500. The Morgan fingerprint density at radius 2 is 1.80 bits per heavy atom. The van der Waals surface area contributed by atoms with Crippen LogP contribution in [0.25, 0.3) is 0 Å². The predicted octanol–water partition coefficient (Wildman–Crippen LogP) is 1.84. The molecule has 4 nitrogen and oxygen atoms in total. The quantitative estimate of drug-likeness (QED) is 0.926. The lowest BCUT2D eigenvalue weighted by Gasteiger charge is -2.34. The summed E-state index contributed by atoms with van der Waals surface area (Å²) in [4.78, 5) is 14.2. The van der Waals surface area contributed by atoms with E-state index >= 15 is 0 Å². The molecular weight excluding hydrogens is 283 g/mol. The van der Waals surface area contributed by atoms with E-state index in [4.69, 9.17) is 4.74 Å². The fourth-order valence-corrected chi connectivity index (χ4v) is 2.09. The average Bonchev–Trinajstić information content (AvgIpc) is 2.41. The van der Waals surface area contributed by atoms with Crippen molar-refractivity contribution in [1.29, 1.82) is 0 Å². The minimum atomic E-state index is -0.949. The summed E-state index contributed by atoms with van der Waals surface area (Å²) in [5.41, 5.74) is -0.949. The first kappa shape index (κ1) is 16.7. The highest BCUT2D eigenvalue weighted by atomic mass is 35.5. The lowest BCUT2D eigenvalue weighted by molar-refractivity contribution is -0.146. The van der Waals surface area contributed by atoms with Gasteiger partial charge in [0.05, 0.1) is 0 Å². The van der Waals surface area contributed by atoms with E-state index in [0.717, 1.165) is 13.1 Å². The molecular formula is C14H20ClFN2O2. The van der Waals surface area contributed by atoms with Crippen molar-refractivity contribution in [2.75, 3.05) is 26.2 Å². The van der Waals surface area contributed by atoms with Crippen LogP contribution in [0.5, 0.6) is 5.75 Å². The van der Waals surface area contributed by atoms with Gasteiger partial charge in [0.15, 0.2) is 5.60 Å². The van der Waals surface area contributed by atoms with Gasteiger partial charge in [0.2, 0.25) is 0 Å². The van der Waals surface area contributed by atoms with Gasteiger partial charge in [-0.3, -0.25) is 4.79 Å². The first-order valence-electron chi connectivity index (χ1n) is 6.44. The molecule has 1 heterocycles. The number of hydrogen-bond donors (Lipinski definition) is 1. The van der Waals surface area contributed by atoms with Crippen LogP contribution in [0.1, 0.15) is 13.8 Å². The van der Waals surface area contributed by atoms with Gasteiger partial charge < -0.3 is 15.0 Å². The standard InChI is InChI=1S/C14H19FN2O2.ClH/c1-14(2,13(18)17-9-7-16-8-10-17)19-12-5-3-11(15)4-6-12;/h3-6,16H,7-10H2,1-2H3;1H. The van der Waals surface area contributed by atoms with E-state index < -0.39 is 5.60 Å². The van der Waals surface area contributed by atoms with Gasteiger partial charge in [0.25, 0.3) is 5.91 Å². The summed E-state index contributed by atoms with van der Waals surface area (Å²) in [5, 5.41) is 3.20. The number of carbonyl (C=O) groups is 1. The third-order valence-electron chi connectivity index (χ3n) is 3.11. The number of nitrogens with zero attached hydrogens (tertiary/aromatic N) is 1. The average molecular weight is 303 g/mol. The van der Waals surface area contributed by atoms with Crippen molar-refractivity contribution in [3.8, 4) is 5.75 Å². The number of ether oxygens (including phenoxy) is 1. The van der Waals surface area contributed by atoms with E-state index in [1.54, 1.807) is 18.7 Å². The monoisotopic (exact) mass is 302 g/mol. The first-order valence-corrected chi connectivity index (χ1v) is 6.44. The molecule has 1 amide bonds. The van der Waals surface area contributed by atoms with E-state index in [1.807, 2.05) is 0 Å². The molecule has 0 aliphatic carbocycles. The van der Waals surface area contributed by atoms with Gasteiger partial charge >= 0.3 is 0 Å². The Bertz CT molecular complexity index is 445. The molecule has 1 aromatic carbocycles. The number of halogens is 2. The molecule has 0 unspecified atom stereocenters. The van der Waals surface area contributed by atoms with Crippen LogP contribution in [0.3, 0.4) is 0 Å². The summed E-state index contributed by atoms with van der Waals surface area (Å²) in [6.07, 6.45) is 0. The Morgan fingerprint density at radius 1 is 1.25 bits per heavy atom. The van der Waals surface area contributed by atoms with E-state index in [9.17, 15) is 9.18 Å². The van der Waals surface area contributed by atoms with Crippen molar-refractivity contribution < 1.29 is 13.9 Å². The fourth-order valence-electron chi connectivity index (χ4n) is 2.09. The van der Waals surface area contributed by atoms with E-state index in [0.29, 0.717) is 18.8 Å². The number of nitrogens with one attached hydrogen (secondary N) is 1. The lowest BCUT2D eigenvalue weighted by atomic mass is 10.1. The summed E-state index contributed by atoms with van der Waals surface area (Å²) in [5.74, 6) is 0.131. The Hall–Kier alpha value is -1.33. The Kier molecular flexibility index (Phi) is 5.77. The highest BCUT2D eigenvalue weighted by Gasteiger charge is 2.34. The predicted molar refractivity (Wildman–Crippen MR) is 77.8 cm³/mol. The minimum Gasteiger partial charge on any atom is -0.478 e. The SMILES string of the molecule is CC(C)(Oc1ccc(F)cc1)C(=O)N1CCNCC1.Cl. The van der Waals surface area contributed by atoms with Crippen LogP contribution in [0.15, 0.2) is 24.3 Å². The molecule has 112 valence electrons. The Labute approximate surface area is 124 Å². The number of carbonyl (C=O) groups excluding carboxylic acids is 1. The zero-order valence-electron chi connectivity index (χ0n) is 11.7. The second-order valence-corrected chi connectivity index (χ2v) is 5.11. The lowest BCUT2D eigenvalue weighted by Crippen LogP contribution is -2.54. The number of piperazine rings is 1. The molecule has 0 spiro atoms. The van der Waals surface area contributed by atoms with Crippen molar-refractivity contribution in [3.63, 3.8) is 0 Å². The second-order valence-electron chi connectivity index (χ2n) is 5.11. The summed E-state index contributed by atoms with van der Waals surface area (Å²) in [6, 6.07) is 5.70. The summed E-state index contributed by atoms with van der Waals surface area (Å²) in [6.45, 7) is 6.46. The van der Waals surface area contributed by atoms with E-state index in [-0.39, 0.29) is 24.1 Å². The molecule has 0 atom stereocenters. The molecule has 1 aliphatic rings. The molecule has 0 aromatic heterocycles. The highest BCUT2D eigenvalue weighted by Crippen LogP contribution is 2.20. The molecule has 6 heteroatoms. The topological polar surface area (TPSA) is 41.6 Å². The van der Waals surface area contributed by atoms with Crippen LogP contribution in [-0.2, 0) is 4.79 Å². The van der Waals surface area contributed by atoms with Gasteiger partial charge in [-0.2, -0.15) is 0 Å². The molecule has 2 rings (SSSR count). The maximum absolute atomic E-state index is 12.8. The summed E-state index contributed by atoms with van der Waals surface area (Å²) in [7, 11) is 0. The Balaban J connectivity index is 0.00000200. The van der Waals surface area contributed by atoms with Crippen LogP contribution >= 0.6 is 12.4 Å². The molecule has 1 N–H and O–H groups in total. The number of amides is 1. The van der Waals surface area contributed by atoms with Crippen molar-refractivity contribution in [3.05, 3.63) is 30.1 Å². The molecule has 0 radical (unpaired) electrons. The minimum absolute atomic E-state index is 0. The summed E-state index contributed by atoms with van der Waals surface area (Å²) < 4.78 is 18.5. The van der Waals surface area contributed by atoms with Crippen LogP contribution in [0.4, 0.5) is 4.39 Å². The zero-order valence-corrected chi connectivity index (χ0v) is 12.5. The molecule has 0 bridgehead atoms. The third-order valence-corrected chi connectivity index (χ3v) is 3.11. The van der Waals surface area contributed by atoms with Crippen LogP contribution < -0.4 is 10.1 Å². The van der Waals surface area contributed by atoms with Crippen LogP contribution in [0.2, 0.25) is 0 Å². The number of benzene rings is 1. The molecule has 1 saturated heterocycles. The smallest absolute Gasteiger partial charge is 0.266 e. The van der Waals surface area contributed by atoms with Crippen LogP contribution in [-0.4, -0.2) is 42.6 Å².